The molecule has 2 fully saturated rings. The summed E-state index contributed by atoms with van der Waals surface area (Å²) in [6.45, 7) is 5.66. The summed E-state index contributed by atoms with van der Waals surface area (Å²) in [6, 6.07) is 18.0. The number of benzene rings is 2. The van der Waals surface area contributed by atoms with Crippen molar-refractivity contribution in [2.45, 2.75) is 63.2 Å². The van der Waals surface area contributed by atoms with E-state index in [-0.39, 0.29) is 12.0 Å². The number of piperidine rings is 1. The third-order valence-corrected chi connectivity index (χ3v) is 9.73. The van der Waals surface area contributed by atoms with Gasteiger partial charge in [0, 0.05) is 19.7 Å². The number of hydrogen-bond donors (Lipinski definition) is 1. The molecule has 2 aromatic carbocycles. The molecule has 0 spiro atoms. The lowest BCUT2D eigenvalue weighted by Crippen LogP contribution is -2.54. The van der Waals surface area contributed by atoms with Crippen LogP contribution in [0, 0.1) is 17.3 Å². The lowest BCUT2D eigenvalue weighted by Gasteiger charge is -2.52. The molecule has 0 aromatic heterocycles. The molecule has 5 heteroatoms. The molecular formula is C27H37NO3S. The van der Waals surface area contributed by atoms with Crippen LogP contribution in [0.3, 0.4) is 0 Å². The SMILES string of the molecule is CC(C)c1ccc(S(=O)(=O)N2CC[C@H]3C[C@H](CCO)CC[C@]3(Cc3ccccc3)C2)cc1. The second-order valence-corrected chi connectivity index (χ2v) is 12.2. The second kappa shape index (κ2) is 9.66. The molecule has 0 radical (unpaired) electrons. The number of fused-ring (bicyclic) bond motifs is 1. The van der Waals surface area contributed by atoms with Gasteiger partial charge in [0.1, 0.15) is 0 Å². The Hall–Kier alpha value is -1.69. The van der Waals surface area contributed by atoms with Crippen LogP contribution in [-0.4, -0.2) is 37.5 Å². The molecule has 174 valence electrons. The van der Waals surface area contributed by atoms with Crippen molar-refractivity contribution in [2.75, 3.05) is 19.7 Å². The normalized spacial score (nSPS) is 26.8. The highest BCUT2D eigenvalue weighted by Crippen LogP contribution is 2.51. The first-order valence-corrected chi connectivity index (χ1v) is 13.5. The Balaban J connectivity index is 1.61. The van der Waals surface area contributed by atoms with Gasteiger partial charge in [-0.05, 0) is 85.0 Å². The first kappa shape index (κ1) is 23.5. The van der Waals surface area contributed by atoms with Gasteiger partial charge in [0.2, 0.25) is 10.0 Å². The average Bonchev–Trinajstić information content (AvgIpc) is 2.80. The molecule has 1 heterocycles. The Bertz CT molecular complexity index is 987. The van der Waals surface area contributed by atoms with Gasteiger partial charge in [-0.25, -0.2) is 8.42 Å². The largest absolute Gasteiger partial charge is 0.396 e. The van der Waals surface area contributed by atoms with Crippen LogP contribution in [0.2, 0.25) is 0 Å². The van der Waals surface area contributed by atoms with Gasteiger partial charge in [0.05, 0.1) is 4.90 Å². The van der Waals surface area contributed by atoms with Gasteiger partial charge in [-0.3, -0.25) is 0 Å². The third-order valence-electron chi connectivity index (χ3n) is 7.87. The van der Waals surface area contributed by atoms with Crippen LogP contribution in [0.1, 0.15) is 63.0 Å². The zero-order valence-corrected chi connectivity index (χ0v) is 20.2. The quantitative estimate of drug-likeness (QED) is 0.622. The highest BCUT2D eigenvalue weighted by atomic mass is 32.2. The third kappa shape index (κ3) is 4.80. The summed E-state index contributed by atoms with van der Waals surface area (Å²) in [5.41, 5.74) is 2.42. The number of aliphatic hydroxyl groups is 1. The molecule has 4 rings (SSSR count). The van der Waals surface area contributed by atoms with Crippen LogP contribution in [-0.2, 0) is 16.4 Å². The molecule has 1 N–H and O–H groups in total. The van der Waals surface area contributed by atoms with Gasteiger partial charge in [-0.1, -0.05) is 56.3 Å². The van der Waals surface area contributed by atoms with Crippen molar-refractivity contribution in [3.63, 3.8) is 0 Å². The van der Waals surface area contributed by atoms with Crippen LogP contribution in [0.25, 0.3) is 0 Å². The van der Waals surface area contributed by atoms with Crippen LogP contribution in [0.5, 0.6) is 0 Å². The second-order valence-electron chi connectivity index (χ2n) is 10.2. The molecule has 0 unspecified atom stereocenters. The summed E-state index contributed by atoms with van der Waals surface area (Å²) in [5, 5.41) is 9.45. The smallest absolute Gasteiger partial charge is 0.243 e. The standard InChI is InChI=1S/C27H37NO3S/c1-21(2)24-8-10-26(11-9-24)32(30,31)28-16-13-25-18-22(14-17-29)12-15-27(25,20-28)19-23-6-4-3-5-7-23/h3-11,21-22,25,29H,12-20H2,1-2H3/t22-,25-,27-/m0/s1. The lowest BCUT2D eigenvalue weighted by molar-refractivity contribution is -0.000205. The van der Waals surface area contributed by atoms with Crippen molar-refractivity contribution < 1.29 is 13.5 Å². The minimum Gasteiger partial charge on any atom is -0.396 e. The Labute approximate surface area is 193 Å². The fourth-order valence-electron chi connectivity index (χ4n) is 5.94. The average molecular weight is 456 g/mol. The number of hydrogen-bond acceptors (Lipinski definition) is 3. The van der Waals surface area contributed by atoms with Crippen LogP contribution < -0.4 is 0 Å². The number of rotatable bonds is 7. The van der Waals surface area contributed by atoms with Crippen LogP contribution in [0.4, 0.5) is 0 Å². The molecule has 3 atom stereocenters. The predicted octanol–water partition coefficient (Wildman–Crippen LogP) is 5.23. The van der Waals surface area contributed by atoms with Crippen molar-refractivity contribution in [1.82, 2.24) is 4.31 Å². The molecular weight excluding hydrogens is 418 g/mol. The van der Waals surface area contributed by atoms with Gasteiger partial charge in [0.25, 0.3) is 0 Å². The van der Waals surface area contributed by atoms with Gasteiger partial charge in [0.15, 0.2) is 0 Å². The first-order valence-electron chi connectivity index (χ1n) is 12.1. The summed E-state index contributed by atoms with van der Waals surface area (Å²) < 4.78 is 28.9. The monoisotopic (exact) mass is 455 g/mol. The summed E-state index contributed by atoms with van der Waals surface area (Å²) in [6.07, 6.45) is 5.88. The number of aliphatic hydroxyl groups excluding tert-OH is 1. The van der Waals surface area contributed by atoms with E-state index < -0.39 is 10.0 Å². The van der Waals surface area contributed by atoms with Crippen molar-refractivity contribution in [1.29, 1.82) is 0 Å². The number of nitrogens with zero attached hydrogens (tertiary/aromatic N) is 1. The Morgan fingerprint density at radius 3 is 2.44 bits per heavy atom. The van der Waals surface area contributed by atoms with E-state index in [0.29, 0.717) is 35.7 Å². The summed E-state index contributed by atoms with van der Waals surface area (Å²) in [5.74, 6) is 1.44. The molecule has 1 saturated heterocycles. The Kier molecular flexibility index (Phi) is 7.09. The van der Waals surface area contributed by atoms with Crippen LogP contribution >= 0.6 is 0 Å². The fourth-order valence-corrected chi connectivity index (χ4v) is 7.49. The summed E-state index contributed by atoms with van der Waals surface area (Å²) in [7, 11) is -3.52. The molecule has 1 aliphatic carbocycles. The predicted molar refractivity (Wildman–Crippen MR) is 129 cm³/mol. The zero-order valence-electron chi connectivity index (χ0n) is 19.4. The van der Waals surface area contributed by atoms with E-state index in [4.69, 9.17) is 0 Å². The van der Waals surface area contributed by atoms with Gasteiger partial charge < -0.3 is 5.11 Å². The van der Waals surface area contributed by atoms with E-state index >= 15 is 0 Å². The van der Waals surface area contributed by atoms with E-state index in [1.165, 1.54) is 5.56 Å². The fraction of sp³-hybridized carbons (Fsp3) is 0.556. The molecule has 32 heavy (non-hydrogen) atoms. The maximum absolute atomic E-state index is 13.6. The highest BCUT2D eigenvalue weighted by Gasteiger charge is 2.49. The Morgan fingerprint density at radius 1 is 1.06 bits per heavy atom. The highest BCUT2D eigenvalue weighted by molar-refractivity contribution is 7.89. The van der Waals surface area contributed by atoms with Crippen molar-refractivity contribution >= 4 is 10.0 Å². The van der Waals surface area contributed by atoms with E-state index in [2.05, 4.69) is 38.1 Å². The molecule has 2 aromatic rings. The van der Waals surface area contributed by atoms with Gasteiger partial charge >= 0.3 is 0 Å². The molecule has 0 bridgehead atoms. The maximum atomic E-state index is 13.6. The summed E-state index contributed by atoms with van der Waals surface area (Å²) >= 11 is 0. The van der Waals surface area contributed by atoms with Crippen molar-refractivity contribution in [2.24, 2.45) is 17.3 Å². The maximum Gasteiger partial charge on any atom is 0.243 e. The number of sulfonamides is 1. The Morgan fingerprint density at radius 2 is 1.78 bits per heavy atom. The van der Waals surface area contributed by atoms with E-state index in [0.717, 1.165) is 44.1 Å². The minimum atomic E-state index is -3.52. The van der Waals surface area contributed by atoms with Gasteiger partial charge in [-0.15, -0.1) is 0 Å². The molecule has 0 amide bonds. The van der Waals surface area contributed by atoms with Crippen LogP contribution in [0.15, 0.2) is 59.5 Å². The molecule has 1 aliphatic heterocycles. The first-order chi connectivity index (χ1) is 15.3. The topological polar surface area (TPSA) is 57.6 Å². The molecule has 1 saturated carbocycles. The van der Waals surface area contributed by atoms with E-state index in [1.54, 1.807) is 16.4 Å². The minimum absolute atomic E-state index is 0.0312. The van der Waals surface area contributed by atoms with E-state index in [1.807, 2.05) is 18.2 Å². The van der Waals surface area contributed by atoms with E-state index in [9.17, 15) is 13.5 Å². The lowest BCUT2D eigenvalue weighted by atomic mass is 9.58. The summed E-state index contributed by atoms with van der Waals surface area (Å²) in [4.78, 5) is 0.407. The molecule has 4 nitrogen and oxygen atoms in total. The van der Waals surface area contributed by atoms with Crippen molar-refractivity contribution in [3.05, 3.63) is 65.7 Å². The van der Waals surface area contributed by atoms with Gasteiger partial charge in [-0.2, -0.15) is 4.31 Å². The molecule has 2 aliphatic rings. The zero-order chi connectivity index (χ0) is 22.8. The van der Waals surface area contributed by atoms with Crippen molar-refractivity contribution in [3.8, 4) is 0 Å².